The van der Waals surface area contributed by atoms with Gasteiger partial charge in [-0.25, -0.2) is 4.79 Å². The van der Waals surface area contributed by atoms with E-state index in [1.165, 1.54) is 19.3 Å². The summed E-state index contributed by atoms with van der Waals surface area (Å²) in [6.45, 7) is 1.47. The molecule has 1 saturated carbocycles. The van der Waals surface area contributed by atoms with E-state index in [0.717, 1.165) is 48.8 Å². The highest BCUT2D eigenvalue weighted by atomic mass is 79.9. The lowest BCUT2D eigenvalue weighted by atomic mass is 9.95. The van der Waals surface area contributed by atoms with Crippen molar-refractivity contribution in [3.63, 3.8) is 0 Å². The van der Waals surface area contributed by atoms with E-state index in [1.807, 2.05) is 29.2 Å². The first-order chi connectivity index (χ1) is 13.2. The van der Waals surface area contributed by atoms with Crippen LogP contribution in [-0.2, 0) is 0 Å². The molecular formula is C20H25BrN4O2. The fourth-order valence-corrected chi connectivity index (χ4v) is 4.22. The molecule has 0 atom stereocenters. The molecular weight excluding hydrogens is 408 g/mol. The van der Waals surface area contributed by atoms with Crippen LogP contribution in [0.25, 0.3) is 11.4 Å². The number of nitrogens with one attached hydrogen (secondary N) is 1. The summed E-state index contributed by atoms with van der Waals surface area (Å²) in [5.74, 6) is 1.52. The van der Waals surface area contributed by atoms with Gasteiger partial charge in [-0.3, -0.25) is 0 Å². The summed E-state index contributed by atoms with van der Waals surface area (Å²) in [5.41, 5.74) is 0.942. The average molecular weight is 433 g/mol. The fraction of sp³-hybridized carbons (Fsp3) is 0.550. The second-order valence-corrected chi connectivity index (χ2v) is 8.42. The van der Waals surface area contributed by atoms with E-state index in [2.05, 4.69) is 31.4 Å². The number of carbonyl (C=O) groups excluding carboxylic acids is 1. The summed E-state index contributed by atoms with van der Waals surface area (Å²) in [5, 5.41) is 7.33. The molecule has 7 heteroatoms. The monoisotopic (exact) mass is 432 g/mol. The van der Waals surface area contributed by atoms with Crippen molar-refractivity contribution < 1.29 is 9.32 Å². The van der Waals surface area contributed by atoms with E-state index in [-0.39, 0.29) is 11.9 Å². The SMILES string of the molecule is O=C(NC1CCCCC1)N1CCC(c2nc(-c3ccc(Br)cc3)no2)CC1. The highest BCUT2D eigenvalue weighted by molar-refractivity contribution is 9.10. The third-order valence-electron chi connectivity index (χ3n) is 5.61. The molecule has 6 nitrogen and oxygen atoms in total. The van der Waals surface area contributed by atoms with Gasteiger partial charge in [0.1, 0.15) is 0 Å². The molecule has 1 N–H and O–H groups in total. The second kappa shape index (κ2) is 8.42. The van der Waals surface area contributed by atoms with Crippen LogP contribution < -0.4 is 5.32 Å². The van der Waals surface area contributed by atoms with Crippen LogP contribution >= 0.6 is 15.9 Å². The van der Waals surface area contributed by atoms with Crippen LogP contribution in [0.2, 0.25) is 0 Å². The minimum atomic E-state index is 0.0847. The molecule has 0 spiro atoms. The summed E-state index contributed by atoms with van der Waals surface area (Å²) in [7, 11) is 0. The molecule has 2 heterocycles. The Morgan fingerprint density at radius 1 is 1.07 bits per heavy atom. The smallest absolute Gasteiger partial charge is 0.317 e. The number of aromatic nitrogens is 2. The van der Waals surface area contributed by atoms with Gasteiger partial charge in [0.25, 0.3) is 0 Å². The molecule has 27 heavy (non-hydrogen) atoms. The van der Waals surface area contributed by atoms with E-state index >= 15 is 0 Å². The van der Waals surface area contributed by atoms with Gasteiger partial charge in [0.15, 0.2) is 0 Å². The molecule has 0 radical (unpaired) electrons. The summed E-state index contributed by atoms with van der Waals surface area (Å²) in [6, 6.07) is 8.31. The fourth-order valence-electron chi connectivity index (χ4n) is 3.96. The van der Waals surface area contributed by atoms with Crippen molar-refractivity contribution in [2.75, 3.05) is 13.1 Å². The van der Waals surface area contributed by atoms with Gasteiger partial charge in [-0.05, 0) is 49.9 Å². The third kappa shape index (κ3) is 4.51. The van der Waals surface area contributed by atoms with Crippen LogP contribution in [0.4, 0.5) is 4.79 Å². The Morgan fingerprint density at radius 3 is 2.48 bits per heavy atom. The number of halogens is 1. The van der Waals surface area contributed by atoms with Crippen molar-refractivity contribution in [2.24, 2.45) is 0 Å². The van der Waals surface area contributed by atoms with Crippen molar-refractivity contribution in [3.8, 4) is 11.4 Å². The number of benzene rings is 1. The summed E-state index contributed by atoms with van der Waals surface area (Å²) >= 11 is 3.43. The van der Waals surface area contributed by atoms with E-state index in [0.29, 0.717) is 17.8 Å². The Labute approximate surface area is 167 Å². The first kappa shape index (κ1) is 18.5. The number of piperidine rings is 1. The van der Waals surface area contributed by atoms with Gasteiger partial charge >= 0.3 is 6.03 Å². The van der Waals surface area contributed by atoms with Crippen LogP contribution in [-0.4, -0.2) is 40.2 Å². The van der Waals surface area contributed by atoms with Gasteiger partial charge < -0.3 is 14.7 Å². The second-order valence-electron chi connectivity index (χ2n) is 7.51. The van der Waals surface area contributed by atoms with Crippen LogP contribution in [0.1, 0.15) is 56.8 Å². The topological polar surface area (TPSA) is 71.3 Å². The van der Waals surface area contributed by atoms with Crippen LogP contribution in [0.5, 0.6) is 0 Å². The first-order valence-corrected chi connectivity index (χ1v) is 10.6. The maximum Gasteiger partial charge on any atom is 0.317 e. The van der Waals surface area contributed by atoms with Gasteiger partial charge in [0.05, 0.1) is 0 Å². The minimum absolute atomic E-state index is 0.0847. The van der Waals surface area contributed by atoms with E-state index < -0.39 is 0 Å². The van der Waals surface area contributed by atoms with Crippen molar-refractivity contribution >= 4 is 22.0 Å². The maximum absolute atomic E-state index is 12.5. The van der Waals surface area contributed by atoms with Crippen LogP contribution in [0.3, 0.4) is 0 Å². The predicted octanol–water partition coefficient (Wildman–Crippen LogP) is 4.72. The zero-order chi connectivity index (χ0) is 18.6. The lowest BCUT2D eigenvalue weighted by Gasteiger charge is -2.32. The van der Waals surface area contributed by atoms with Gasteiger partial charge in [0, 0.05) is 35.1 Å². The number of hydrogen-bond acceptors (Lipinski definition) is 4. The molecule has 1 saturated heterocycles. The van der Waals surface area contributed by atoms with Crippen molar-refractivity contribution in [1.29, 1.82) is 0 Å². The lowest BCUT2D eigenvalue weighted by Crippen LogP contribution is -2.48. The van der Waals surface area contributed by atoms with E-state index in [9.17, 15) is 4.79 Å². The molecule has 144 valence electrons. The zero-order valence-electron chi connectivity index (χ0n) is 15.4. The predicted molar refractivity (Wildman–Crippen MR) is 106 cm³/mol. The van der Waals surface area contributed by atoms with Gasteiger partial charge in [-0.1, -0.05) is 40.3 Å². The molecule has 2 aromatic rings. The van der Waals surface area contributed by atoms with E-state index in [1.54, 1.807) is 0 Å². The third-order valence-corrected chi connectivity index (χ3v) is 6.14. The van der Waals surface area contributed by atoms with Crippen molar-refractivity contribution in [2.45, 2.75) is 56.9 Å². The van der Waals surface area contributed by atoms with Gasteiger partial charge in [-0.2, -0.15) is 4.98 Å². The normalized spacial score (nSPS) is 19.2. The standard InChI is InChI=1S/C20H25BrN4O2/c21-16-8-6-14(7-9-16)18-23-19(27-24-18)15-10-12-25(13-11-15)20(26)22-17-4-2-1-3-5-17/h6-9,15,17H,1-5,10-13H2,(H,22,26). The number of amides is 2. The number of urea groups is 1. The minimum Gasteiger partial charge on any atom is -0.339 e. The molecule has 2 aliphatic rings. The maximum atomic E-state index is 12.5. The van der Waals surface area contributed by atoms with Crippen molar-refractivity contribution in [1.82, 2.24) is 20.4 Å². The molecule has 1 aromatic carbocycles. The Balaban J connectivity index is 1.31. The summed E-state index contributed by atoms with van der Waals surface area (Å²) < 4.78 is 6.54. The first-order valence-electron chi connectivity index (χ1n) is 9.84. The Bertz CT molecular complexity index is 763. The van der Waals surface area contributed by atoms with Gasteiger partial charge in [0.2, 0.25) is 11.7 Å². The largest absolute Gasteiger partial charge is 0.339 e. The Kier molecular flexibility index (Phi) is 5.76. The summed E-state index contributed by atoms with van der Waals surface area (Å²) in [6.07, 6.45) is 7.70. The highest BCUT2D eigenvalue weighted by Gasteiger charge is 2.28. The molecule has 0 unspecified atom stereocenters. The van der Waals surface area contributed by atoms with Crippen molar-refractivity contribution in [3.05, 3.63) is 34.6 Å². The quantitative estimate of drug-likeness (QED) is 0.761. The van der Waals surface area contributed by atoms with Crippen LogP contribution in [0.15, 0.2) is 33.3 Å². The Morgan fingerprint density at radius 2 is 1.78 bits per heavy atom. The molecule has 2 fully saturated rings. The zero-order valence-corrected chi connectivity index (χ0v) is 17.0. The number of rotatable bonds is 3. The number of likely N-dealkylation sites (tertiary alicyclic amines) is 1. The molecule has 1 aliphatic carbocycles. The molecule has 0 bridgehead atoms. The van der Waals surface area contributed by atoms with E-state index in [4.69, 9.17) is 4.52 Å². The molecule has 1 aliphatic heterocycles. The molecule has 1 aromatic heterocycles. The number of hydrogen-bond donors (Lipinski definition) is 1. The molecule has 4 rings (SSSR count). The number of carbonyl (C=O) groups is 1. The lowest BCUT2D eigenvalue weighted by molar-refractivity contribution is 0.169. The summed E-state index contributed by atoms with van der Waals surface area (Å²) in [4.78, 5) is 19.0. The average Bonchev–Trinajstić information content (AvgIpc) is 3.20. The Hall–Kier alpha value is -1.89. The number of nitrogens with zero attached hydrogens (tertiary/aromatic N) is 3. The highest BCUT2D eigenvalue weighted by Crippen LogP contribution is 2.29. The van der Waals surface area contributed by atoms with Gasteiger partial charge in [-0.15, -0.1) is 0 Å². The molecule has 2 amide bonds. The van der Waals surface area contributed by atoms with Crippen LogP contribution in [0, 0.1) is 0 Å².